The molecule has 0 unspecified atom stereocenters. The van der Waals surface area contributed by atoms with E-state index in [1.54, 1.807) is 31.3 Å². The van der Waals surface area contributed by atoms with E-state index in [9.17, 15) is 14.4 Å². The lowest BCUT2D eigenvalue weighted by molar-refractivity contribution is -0.144. The van der Waals surface area contributed by atoms with Gasteiger partial charge in [0, 0.05) is 24.7 Å². The van der Waals surface area contributed by atoms with Crippen molar-refractivity contribution >= 4 is 40.8 Å². The van der Waals surface area contributed by atoms with Crippen LogP contribution in [0.1, 0.15) is 36.5 Å². The first-order valence-electron chi connectivity index (χ1n) is 7.54. The molecule has 0 saturated carbocycles. The standard InChI is InChI=1S/C16H21N3O4S/c1-3-9-23-14(21)8-7-13(20)19-16(24)18-12-6-4-5-11(10-12)15(22)17-2/h4-6,10H,3,7-9H2,1-2H3,(H,17,22)(H2,18,19,20,24). The summed E-state index contributed by atoms with van der Waals surface area (Å²) in [6, 6.07) is 6.68. The highest BCUT2D eigenvalue weighted by Gasteiger charge is 2.10. The Labute approximate surface area is 146 Å². The fourth-order valence-corrected chi connectivity index (χ4v) is 1.97. The van der Waals surface area contributed by atoms with Crippen LogP contribution in [0.15, 0.2) is 24.3 Å². The largest absolute Gasteiger partial charge is 0.466 e. The number of ether oxygens (including phenoxy) is 1. The summed E-state index contributed by atoms with van der Waals surface area (Å²) in [5.41, 5.74) is 1.04. The summed E-state index contributed by atoms with van der Waals surface area (Å²) in [6.07, 6.45) is 0.726. The summed E-state index contributed by atoms with van der Waals surface area (Å²) in [5, 5.41) is 7.91. The van der Waals surface area contributed by atoms with Crippen LogP contribution in [0.2, 0.25) is 0 Å². The molecular weight excluding hydrogens is 330 g/mol. The Balaban J connectivity index is 2.44. The van der Waals surface area contributed by atoms with Crippen LogP contribution in [-0.2, 0) is 14.3 Å². The van der Waals surface area contributed by atoms with Crippen molar-refractivity contribution in [3.8, 4) is 0 Å². The average Bonchev–Trinajstić information content (AvgIpc) is 2.57. The number of esters is 1. The van der Waals surface area contributed by atoms with Crippen molar-refractivity contribution in [2.24, 2.45) is 0 Å². The zero-order valence-corrected chi connectivity index (χ0v) is 14.5. The summed E-state index contributed by atoms with van der Waals surface area (Å²) < 4.78 is 4.88. The molecule has 0 spiro atoms. The molecule has 1 aromatic carbocycles. The van der Waals surface area contributed by atoms with Crippen LogP contribution in [0.25, 0.3) is 0 Å². The molecule has 1 aromatic rings. The Hall–Kier alpha value is -2.48. The second kappa shape index (κ2) is 10.3. The molecule has 0 radical (unpaired) electrons. The number of rotatable bonds is 7. The highest BCUT2D eigenvalue weighted by molar-refractivity contribution is 7.80. The molecule has 2 amide bonds. The number of benzene rings is 1. The molecule has 3 N–H and O–H groups in total. The van der Waals surface area contributed by atoms with E-state index in [0.29, 0.717) is 17.9 Å². The van der Waals surface area contributed by atoms with Crippen molar-refractivity contribution in [1.82, 2.24) is 10.6 Å². The first kappa shape index (κ1) is 19.6. The molecule has 0 heterocycles. The first-order chi connectivity index (χ1) is 11.5. The zero-order chi connectivity index (χ0) is 17.9. The highest BCUT2D eigenvalue weighted by Crippen LogP contribution is 2.10. The van der Waals surface area contributed by atoms with Gasteiger partial charge in [-0.25, -0.2) is 0 Å². The third-order valence-electron chi connectivity index (χ3n) is 2.89. The van der Waals surface area contributed by atoms with Crippen molar-refractivity contribution in [2.75, 3.05) is 19.0 Å². The van der Waals surface area contributed by atoms with Crippen molar-refractivity contribution in [3.05, 3.63) is 29.8 Å². The lowest BCUT2D eigenvalue weighted by Crippen LogP contribution is -2.34. The van der Waals surface area contributed by atoms with Crippen LogP contribution < -0.4 is 16.0 Å². The summed E-state index contributed by atoms with van der Waals surface area (Å²) in [7, 11) is 1.54. The fraction of sp³-hybridized carbons (Fsp3) is 0.375. The van der Waals surface area contributed by atoms with Crippen molar-refractivity contribution in [3.63, 3.8) is 0 Å². The van der Waals surface area contributed by atoms with Crippen molar-refractivity contribution < 1.29 is 19.1 Å². The van der Waals surface area contributed by atoms with E-state index in [1.807, 2.05) is 6.92 Å². The number of nitrogens with one attached hydrogen (secondary N) is 3. The number of hydrogen-bond acceptors (Lipinski definition) is 5. The predicted octanol–water partition coefficient (Wildman–Crippen LogP) is 1.59. The van der Waals surface area contributed by atoms with E-state index < -0.39 is 5.97 Å². The number of anilines is 1. The van der Waals surface area contributed by atoms with Gasteiger partial charge in [-0.3, -0.25) is 14.4 Å². The van der Waals surface area contributed by atoms with Gasteiger partial charge in [-0.1, -0.05) is 13.0 Å². The molecule has 0 bridgehead atoms. The Morgan fingerprint density at radius 1 is 1.21 bits per heavy atom. The maximum Gasteiger partial charge on any atom is 0.306 e. The lowest BCUT2D eigenvalue weighted by Gasteiger charge is -2.10. The van der Waals surface area contributed by atoms with E-state index in [1.165, 1.54) is 0 Å². The zero-order valence-electron chi connectivity index (χ0n) is 13.7. The molecule has 0 aliphatic heterocycles. The van der Waals surface area contributed by atoms with Gasteiger partial charge in [-0.05, 0) is 36.8 Å². The minimum Gasteiger partial charge on any atom is -0.466 e. The van der Waals surface area contributed by atoms with Gasteiger partial charge >= 0.3 is 5.97 Å². The molecule has 0 aliphatic rings. The van der Waals surface area contributed by atoms with Crippen LogP contribution in [0.5, 0.6) is 0 Å². The average molecular weight is 351 g/mol. The van der Waals surface area contributed by atoms with Gasteiger partial charge in [-0.2, -0.15) is 0 Å². The van der Waals surface area contributed by atoms with Gasteiger partial charge in [0.15, 0.2) is 5.11 Å². The molecule has 7 nitrogen and oxygen atoms in total. The Kier molecular flexibility index (Phi) is 8.42. The molecule has 0 fully saturated rings. The predicted molar refractivity (Wildman–Crippen MR) is 94.7 cm³/mol. The molecule has 0 saturated heterocycles. The highest BCUT2D eigenvalue weighted by atomic mass is 32.1. The number of hydrogen-bond donors (Lipinski definition) is 3. The Bertz CT molecular complexity index is 619. The van der Waals surface area contributed by atoms with Crippen LogP contribution in [0, 0.1) is 0 Å². The van der Waals surface area contributed by atoms with Crippen LogP contribution in [0.4, 0.5) is 5.69 Å². The van der Waals surface area contributed by atoms with E-state index in [4.69, 9.17) is 17.0 Å². The van der Waals surface area contributed by atoms with E-state index in [2.05, 4.69) is 16.0 Å². The summed E-state index contributed by atoms with van der Waals surface area (Å²) in [5.74, 6) is -1.02. The fourth-order valence-electron chi connectivity index (χ4n) is 1.74. The topological polar surface area (TPSA) is 96.5 Å². The van der Waals surface area contributed by atoms with Gasteiger partial charge < -0.3 is 20.7 Å². The quantitative estimate of drug-likeness (QED) is 0.510. The van der Waals surface area contributed by atoms with E-state index >= 15 is 0 Å². The second-order valence-electron chi connectivity index (χ2n) is 4.88. The second-order valence-corrected chi connectivity index (χ2v) is 5.29. The van der Waals surface area contributed by atoms with Crippen LogP contribution in [-0.4, -0.2) is 36.6 Å². The molecule has 1 rings (SSSR count). The summed E-state index contributed by atoms with van der Waals surface area (Å²) >= 11 is 5.04. The number of carbonyl (C=O) groups is 3. The first-order valence-corrected chi connectivity index (χ1v) is 7.95. The summed E-state index contributed by atoms with van der Waals surface area (Å²) in [4.78, 5) is 34.6. The SMILES string of the molecule is CCCOC(=O)CCC(=O)NC(=S)Nc1cccc(C(=O)NC)c1. The smallest absolute Gasteiger partial charge is 0.306 e. The normalized spacial score (nSPS) is 9.75. The van der Waals surface area contributed by atoms with Gasteiger partial charge in [-0.15, -0.1) is 0 Å². The lowest BCUT2D eigenvalue weighted by atomic mass is 10.2. The minimum absolute atomic E-state index is 0.000598. The van der Waals surface area contributed by atoms with E-state index in [0.717, 1.165) is 6.42 Å². The van der Waals surface area contributed by atoms with Gasteiger partial charge in [0.2, 0.25) is 5.91 Å². The number of amides is 2. The molecule has 24 heavy (non-hydrogen) atoms. The van der Waals surface area contributed by atoms with Gasteiger partial charge in [0.25, 0.3) is 5.91 Å². The Morgan fingerprint density at radius 2 is 1.96 bits per heavy atom. The summed E-state index contributed by atoms with van der Waals surface area (Å²) in [6.45, 7) is 2.24. The third-order valence-corrected chi connectivity index (χ3v) is 3.09. The minimum atomic E-state index is -0.413. The van der Waals surface area contributed by atoms with E-state index in [-0.39, 0.29) is 29.8 Å². The van der Waals surface area contributed by atoms with Crippen molar-refractivity contribution in [1.29, 1.82) is 0 Å². The molecule has 130 valence electrons. The molecule has 8 heteroatoms. The van der Waals surface area contributed by atoms with Gasteiger partial charge in [0.1, 0.15) is 0 Å². The van der Waals surface area contributed by atoms with Crippen LogP contribution >= 0.6 is 12.2 Å². The number of thiocarbonyl (C=S) groups is 1. The number of carbonyl (C=O) groups excluding carboxylic acids is 3. The Morgan fingerprint density at radius 3 is 2.62 bits per heavy atom. The molecule has 0 aromatic heterocycles. The maximum absolute atomic E-state index is 11.7. The third kappa shape index (κ3) is 7.19. The monoisotopic (exact) mass is 351 g/mol. The molecular formula is C16H21N3O4S. The molecule has 0 aliphatic carbocycles. The maximum atomic E-state index is 11.7. The van der Waals surface area contributed by atoms with Gasteiger partial charge in [0.05, 0.1) is 13.0 Å². The van der Waals surface area contributed by atoms with Crippen LogP contribution in [0.3, 0.4) is 0 Å². The van der Waals surface area contributed by atoms with Crippen molar-refractivity contribution in [2.45, 2.75) is 26.2 Å². The molecule has 0 atom stereocenters.